The zero-order chi connectivity index (χ0) is 27.6. The predicted molar refractivity (Wildman–Crippen MR) is 137 cm³/mol. The predicted octanol–water partition coefficient (Wildman–Crippen LogP) is 1.83. The highest BCUT2D eigenvalue weighted by Crippen LogP contribution is 2.20. The van der Waals surface area contributed by atoms with Gasteiger partial charge in [0.1, 0.15) is 5.78 Å². The Hall–Kier alpha value is -1.97. The molecule has 0 aliphatic carbocycles. The Morgan fingerprint density at radius 2 is 1.26 bits per heavy atom. The van der Waals surface area contributed by atoms with E-state index in [9.17, 15) is 24.0 Å². The van der Waals surface area contributed by atoms with Gasteiger partial charge in [-0.3, -0.25) is 28.9 Å². The third-order valence-corrected chi connectivity index (χ3v) is 5.98. The van der Waals surface area contributed by atoms with Crippen LogP contribution in [0.2, 0.25) is 0 Å². The SMILES string of the molecule is CC(C)CCN(C(=O)C(C(=O)CC(C)C)C(=O)C(N)CC(C)CC(=O)[C@@H](N)C(C)C)C(=O)[C@H](C)N. The average molecular weight is 497 g/mol. The minimum atomic E-state index is -1.68. The van der Waals surface area contributed by atoms with Crippen LogP contribution in [0.1, 0.15) is 81.1 Å². The summed E-state index contributed by atoms with van der Waals surface area (Å²) in [5.41, 5.74) is 17.8. The molecule has 9 heteroatoms. The van der Waals surface area contributed by atoms with Crippen molar-refractivity contribution in [1.82, 2.24) is 4.90 Å². The van der Waals surface area contributed by atoms with Gasteiger partial charge in [0.15, 0.2) is 17.5 Å². The van der Waals surface area contributed by atoms with Gasteiger partial charge in [-0.1, -0.05) is 48.5 Å². The zero-order valence-electron chi connectivity index (χ0n) is 22.9. The van der Waals surface area contributed by atoms with Crippen LogP contribution in [0.3, 0.4) is 0 Å². The molecule has 0 saturated heterocycles. The third kappa shape index (κ3) is 11.1. The molecular formula is C26H48N4O5. The van der Waals surface area contributed by atoms with Gasteiger partial charge < -0.3 is 17.2 Å². The molecule has 0 rings (SSSR count). The molecule has 6 N–H and O–H groups in total. The number of hydrogen-bond donors (Lipinski definition) is 3. The fourth-order valence-electron chi connectivity index (χ4n) is 3.75. The molecule has 0 heterocycles. The van der Waals surface area contributed by atoms with Crippen LogP contribution in [0.5, 0.6) is 0 Å². The lowest BCUT2D eigenvalue weighted by atomic mass is 9.84. The van der Waals surface area contributed by atoms with Gasteiger partial charge in [0.2, 0.25) is 11.8 Å². The first kappa shape index (κ1) is 33.0. The first-order valence-corrected chi connectivity index (χ1v) is 12.7. The lowest BCUT2D eigenvalue weighted by molar-refractivity contribution is -0.153. The summed E-state index contributed by atoms with van der Waals surface area (Å²) in [6, 6.07) is -2.72. The van der Waals surface area contributed by atoms with Crippen LogP contribution in [-0.4, -0.2) is 58.7 Å². The Morgan fingerprint density at radius 1 is 0.714 bits per heavy atom. The standard InChI is InChI=1S/C26H48N4O5/c1-14(2)9-10-30(25(34)18(8)27)26(35)22(20(31)11-15(3)4)24(33)19(28)12-17(7)13-21(32)23(29)16(5)6/h14-19,22-23H,9-13,27-29H2,1-8H3/t17?,18-,19?,22?,23-/m0/s1. The number of rotatable bonds is 16. The Kier molecular flexibility index (Phi) is 14.4. The van der Waals surface area contributed by atoms with Crippen LogP contribution in [0.4, 0.5) is 0 Å². The van der Waals surface area contributed by atoms with Crippen LogP contribution in [-0.2, 0) is 24.0 Å². The Bertz CT molecular complexity index is 748. The highest BCUT2D eigenvalue weighted by molar-refractivity contribution is 6.22. The first-order valence-electron chi connectivity index (χ1n) is 12.7. The van der Waals surface area contributed by atoms with Crippen molar-refractivity contribution in [2.75, 3.05) is 6.54 Å². The lowest BCUT2D eigenvalue weighted by Crippen LogP contribution is -2.53. The number of nitrogens with zero attached hydrogens (tertiary/aromatic N) is 1. The summed E-state index contributed by atoms with van der Waals surface area (Å²) in [5.74, 6) is -4.81. The summed E-state index contributed by atoms with van der Waals surface area (Å²) >= 11 is 0. The normalized spacial score (nSPS) is 16.1. The Balaban J connectivity index is 5.87. The number of ketones is 3. The van der Waals surface area contributed by atoms with E-state index in [-0.39, 0.29) is 55.3 Å². The Morgan fingerprint density at radius 3 is 1.69 bits per heavy atom. The zero-order valence-corrected chi connectivity index (χ0v) is 22.9. The number of Topliss-reactive ketones (excluding diaryl/α,β-unsaturated/α-hetero) is 3. The molecule has 3 unspecified atom stereocenters. The summed E-state index contributed by atoms with van der Waals surface area (Å²) in [6.45, 7) is 14.5. The number of hydrogen-bond acceptors (Lipinski definition) is 8. The molecule has 0 saturated carbocycles. The maximum atomic E-state index is 13.5. The van der Waals surface area contributed by atoms with Gasteiger partial charge in [-0.15, -0.1) is 0 Å². The van der Waals surface area contributed by atoms with Crippen LogP contribution >= 0.6 is 0 Å². The quantitative estimate of drug-likeness (QED) is 0.272. The molecule has 0 aromatic heterocycles. The molecule has 2 amide bonds. The van der Waals surface area contributed by atoms with Gasteiger partial charge in [0.25, 0.3) is 0 Å². The molecule has 0 radical (unpaired) electrons. The molecule has 5 atom stereocenters. The molecule has 9 nitrogen and oxygen atoms in total. The smallest absolute Gasteiger partial charge is 0.247 e. The topological polar surface area (TPSA) is 167 Å². The highest BCUT2D eigenvalue weighted by atomic mass is 16.2. The molecule has 0 aliphatic heterocycles. The maximum absolute atomic E-state index is 13.5. The van der Waals surface area contributed by atoms with Crippen molar-refractivity contribution in [3.63, 3.8) is 0 Å². The van der Waals surface area contributed by atoms with E-state index in [0.717, 1.165) is 4.90 Å². The van der Waals surface area contributed by atoms with Crippen LogP contribution in [0.15, 0.2) is 0 Å². The number of amides is 2. The van der Waals surface area contributed by atoms with E-state index in [4.69, 9.17) is 17.2 Å². The van der Waals surface area contributed by atoms with E-state index < -0.39 is 47.4 Å². The molecule has 0 bridgehead atoms. The molecule has 0 spiro atoms. The third-order valence-electron chi connectivity index (χ3n) is 5.98. The van der Waals surface area contributed by atoms with Crippen molar-refractivity contribution in [3.05, 3.63) is 0 Å². The molecule has 0 aromatic carbocycles. The second kappa shape index (κ2) is 15.2. The minimum Gasteiger partial charge on any atom is -0.321 e. The van der Waals surface area contributed by atoms with E-state index in [1.165, 1.54) is 6.92 Å². The average Bonchev–Trinajstić information content (AvgIpc) is 2.71. The van der Waals surface area contributed by atoms with Crippen molar-refractivity contribution in [1.29, 1.82) is 0 Å². The van der Waals surface area contributed by atoms with E-state index >= 15 is 0 Å². The molecule has 0 aromatic rings. The van der Waals surface area contributed by atoms with E-state index in [1.807, 2.05) is 27.7 Å². The first-order chi connectivity index (χ1) is 16.0. The van der Waals surface area contributed by atoms with Crippen molar-refractivity contribution in [3.8, 4) is 0 Å². The van der Waals surface area contributed by atoms with Crippen molar-refractivity contribution < 1.29 is 24.0 Å². The molecular weight excluding hydrogens is 448 g/mol. The fourth-order valence-corrected chi connectivity index (χ4v) is 3.75. The molecule has 202 valence electrons. The van der Waals surface area contributed by atoms with Crippen molar-refractivity contribution in [2.45, 2.75) is 99.2 Å². The number of imide groups is 1. The van der Waals surface area contributed by atoms with Crippen molar-refractivity contribution in [2.24, 2.45) is 46.8 Å². The van der Waals surface area contributed by atoms with E-state index in [1.54, 1.807) is 20.8 Å². The molecule has 35 heavy (non-hydrogen) atoms. The minimum absolute atomic E-state index is 0.00343. The van der Waals surface area contributed by atoms with Crippen LogP contribution < -0.4 is 17.2 Å². The Labute approximate surface area is 210 Å². The van der Waals surface area contributed by atoms with Gasteiger partial charge >= 0.3 is 0 Å². The summed E-state index contributed by atoms with van der Waals surface area (Å²) in [6.07, 6.45) is 0.755. The van der Waals surface area contributed by atoms with E-state index in [0.29, 0.717) is 6.42 Å². The lowest BCUT2D eigenvalue weighted by Gasteiger charge is -2.28. The monoisotopic (exact) mass is 496 g/mol. The van der Waals surface area contributed by atoms with Gasteiger partial charge in [-0.2, -0.15) is 0 Å². The number of carbonyl (C=O) groups excluding carboxylic acids is 5. The fraction of sp³-hybridized carbons (Fsp3) is 0.808. The van der Waals surface area contributed by atoms with Crippen LogP contribution in [0.25, 0.3) is 0 Å². The summed E-state index contributed by atoms with van der Waals surface area (Å²) < 4.78 is 0. The van der Waals surface area contributed by atoms with Gasteiger partial charge in [0.05, 0.1) is 18.1 Å². The largest absolute Gasteiger partial charge is 0.321 e. The molecule has 0 fully saturated rings. The summed E-state index contributed by atoms with van der Waals surface area (Å²) in [7, 11) is 0. The van der Waals surface area contributed by atoms with Gasteiger partial charge in [-0.05, 0) is 43.4 Å². The van der Waals surface area contributed by atoms with Gasteiger partial charge in [-0.25, -0.2) is 0 Å². The second-order valence-corrected chi connectivity index (χ2v) is 11.1. The van der Waals surface area contributed by atoms with Crippen LogP contribution in [0, 0.1) is 29.6 Å². The van der Waals surface area contributed by atoms with E-state index in [2.05, 4.69) is 0 Å². The second-order valence-electron chi connectivity index (χ2n) is 11.1. The summed E-state index contributed by atoms with van der Waals surface area (Å²) in [5, 5.41) is 0. The number of nitrogens with two attached hydrogens (primary N) is 3. The molecule has 0 aliphatic rings. The van der Waals surface area contributed by atoms with Crippen molar-refractivity contribution >= 4 is 29.2 Å². The highest BCUT2D eigenvalue weighted by Gasteiger charge is 2.41. The maximum Gasteiger partial charge on any atom is 0.247 e. The number of carbonyl (C=O) groups is 5. The summed E-state index contributed by atoms with van der Waals surface area (Å²) in [4.78, 5) is 65.9. The van der Waals surface area contributed by atoms with Gasteiger partial charge in [0, 0.05) is 19.4 Å².